The molecule has 0 spiro atoms. The molecule has 142 valence electrons. The van der Waals surface area contributed by atoms with Crippen LogP contribution in [0.5, 0.6) is 0 Å². The molecule has 5 nitrogen and oxygen atoms in total. The van der Waals surface area contributed by atoms with E-state index in [1.54, 1.807) is 6.20 Å². The molecule has 2 aliphatic rings. The van der Waals surface area contributed by atoms with E-state index in [0.717, 1.165) is 68.5 Å². The molecule has 27 heavy (non-hydrogen) atoms. The third-order valence-corrected chi connectivity index (χ3v) is 5.66. The molecular weight excluding hydrogens is 360 g/mol. The number of aromatic nitrogens is 1. The number of piperidine rings is 1. The lowest BCUT2D eigenvalue weighted by Gasteiger charge is -2.37. The summed E-state index contributed by atoms with van der Waals surface area (Å²) in [6.07, 6.45) is 5.16. The normalized spacial score (nSPS) is 17.9. The van der Waals surface area contributed by atoms with Gasteiger partial charge in [-0.05, 0) is 49.6 Å². The standard InChI is InChI=1S/C21H25ClN4O/c22-17-5-4-6-18(15-17)24-11-13-25(14-12-24)19-7-8-23-20(16-19)21(27)26-9-2-1-3-10-26/h4-8,15-16H,1-3,9-14H2. The van der Waals surface area contributed by atoms with Crippen LogP contribution in [0.4, 0.5) is 11.4 Å². The number of amides is 1. The average Bonchev–Trinajstić information content (AvgIpc) is 2.74. The summed E-state index contributed by atoms with van der Waals surface area (Å²) in [6, 6.07) is 12.0. The van der Waals surface area contributed by atoms with Crippen LogP contribution in [0.3, 0.4) is 0 Å². The first kappa shape index (κ1) is 18.1. The molecule has 0 atom stereocenters. The van der Waals surface area contributed by atoms with Gasteiger partial charge in [-0.15, -0.1) is 0 Å². The number of nitrogens with zero attached hydrogens (tertiary/aromatic N) is 4. The molecule has 2 fully saturated rings. The van der Waals surface area contributed by atoms with Gasteiger partial charge in [0.1, 0.15) is 5.69 Å². The van der Waals surface area contributed by atoms with Gasteiger partial charge in [-0.3, -0.25) is 9.78 Å². The summed E-state index contributed by atoms with van der Waals surface area (Å²) in [7, 11) is 0. The number of likely N-dealkylation sites (tertiary alicyclic amines) is 1. The zero-order chi connectivity index (χ0) is 18.6. The van der Waals surface area contributed by atoms with Crippen molar-refractivity contribution in [1.29, 1.82) is 0 Å². The third-order valence-electron chi connectivity index (χ3n) is 5.42. The topological polar surface area (TPSA) is 39.7 Å². The van der Waals surface area contributed by atoms with Gasteiger partial charge in [0.25, 0.3) is 5.91 Å². The minimum atomic E-state index is 0.0640. The molecule has 0 bridgehead atoms. The Labute approximate surface area is 165 Å². The maximum absolute atomic E-state index is 12.7. The Balaban J connectivity index is 1.42. The van der Waals surface area contributed by atoms with Crippen molar-refractivity contribution >= 4 is 28.9 Å². The zero-order valence-corrected chi connectivity index (χ0v) is 16.2. The van der Waals surface area contributed by atoms with Crippen LogP contribution in [0.15, 0.2) is 42.6 Å². The average molecular weight is 385 g/mol. The monoisotopic (exact) mass is 384 g/mol. The molecule has 1 aromatic heterocycles. The van der Waals surface area contributed by atoms with Gasteiger partial charge in [-0.2, -0.15) is 0 Å². The van der Waals surface area contributed by atoms with E-state index in [0.29, 0.717) is 5.69 Å². The van der Waals surface area contributed by atoms with Gasteiger partial charge in [0, 0.05) is 61.9 Å². The Kier molecular flexibility index (Phi) is 5.48. The molecule has 2 aromatic rings. The first-order valence-electron chi connectivity index (χ1n) is 9.71. The fourth-order valence-electron chi connectivity index (χ4n) is 3.89. The molecule has 0 N–H and O–H groups in total. The van der Waals surface area contributed by atoms with E-state index in [2.05, 4.69) is 20.9 Å². The summed E-state index contributed by atoms with van der Waals surface area (Å²) in [6.45, 7) is 5.38. The van der Waals surface area contributed by atoms with Crippen LogP contribution in [-0.2, 0) is 0 Å². The van der Waals surface area contributed by atoms with Crippen molar-refractivity contribution in [3.8, 4) is 0 Å². The molecule has 2 aliphatic heterocycles. The van der Waals surface area contributed by atoms with Crippen LogP contribution in [0.1, 0.15) is 29.8 Å². The summed E-state index contributed by atoms with van der Waals surface area (Å²) in [5.41, 5.74) is 2.81. The zero-order valence-electron chi connectivity index (χ0n) is 15.5. The summed E-state index contributed by atoms with van der Waals surface area (Å²) in [4.78, 5) is 23.7. The number of halogens is 1. The molecule has 0 saturated carbocycles. The summed E-state index contributed by atoms with van der Waals surface area (Å²) in [5, 5.41) is 0.768. The Morgan fingerprint density at radius 2 is 1.52 bits per heavy atom. The number of anilines is 2. The number of carbonyl (C=O) groups excluding carboxylic acids is 1. The first-order valence-corrected chi connectivity index (χ1v) is 10.1. The minimum absolute atomic E-state index is 0.0640. The smallest absolute Gasteiger partial charge is 0.272 e. The molecule has 1 amide bonds. The van der Waals surface area contributed by atoms with Gasteiger partial charge in [0.15, 0.2) is 0 Å². The third kappa shape index (κ3) is 4.19. The number of piperazine rings is 1. The Hall–Kier alpha value is -2.27. The van der Waals surface area contributed by atoms with Gasteiger partial charge in [0.2, 0.25) is 0 Å². The predicted molar refractivity (Wildman–Crippen MR) is 110 cm³/mol. The molecule has 0 aliphatic carbocycles. The van der Waals surface area contributed by atoms with Gasteiger partial charge < -0.3 is 14.7 Å². The maximum Gasteiger partial charge on any atom is 0.272 e. The van der Waals surface area contributed by atoms with Crippen molar-refractivity contribution in [2.75, 3.05) is 49.1 Å². The number of hydrogen-bond donors (Lipinski definition) is 0. The highest BCUT2D eigenvalue weighted by atomic mass is 35.5. The van der Waals surface area contributed by atoms with Crippen LogP contribution in [0.2, 0.25) is 5.02 Å². The van der Waals surface area contributed by atoms with Gasteiger partial charge >= 0.3 is 0 Å². The second kappa shape index (κ2) is 8.17. The van der Waals surface area contributed by atoms with E-state index >= 15 is 0 Å². The Morgan fingerprint density at radius 3 is 2.19 bits per heavy atom. The van der Waals surface area contributed by atoms with Crippen molar-refractivity contribution in [2.45, 2.75) is 19.3 Å². The van der Waals surface area contributed by atoms with E-state index in [-0.39, 0.29) is 5.91 Å². The van der Waals surface area contributed by atoms with Crippen molar-refractivity contribution in [2.24, 2.45) is 0 Å². The minimum Gasteiger partial charge on any atom is -0.368 e. The molecule has 2 saturated heterocycles. The number of pyridine rings is 1. The maximum atomic E-state index is 12.7. The number of rotatable bonds is 3. The van der Waals surface area contributed by atoms with Crippen LogP contribution in [0.25, 0.3) is 0 Å². The highest BCUT2D eigenvalue weighted by Crippen LogP contribution is 2.23. The molecule has 4 rings (SSSR count). The lowest BCUT2D eigenvalue weighted by molar-refractivity contribution is 0.0718. The first-order chi connectivity index (χ1) is 13.2. The highest BCUT2D eigenvalue weighted by molar-refractivity contribution is 6.30. The van der Waals surface area contributed by atoms with Gasteiger partial charge in [-0.25, -0.2) is 0 Å². The van der Waals surface area contributed by atoms with Crippen molar-refractivity contribution in [3.63, 3.8) is 0 Å². The van der Waals surface area contributed by atoms with E-state index in [9.17, 15) is 4.79 Å². The molecule has 0 radical (unpaired) electrons. The molecule has 0 unspecified atom stereocenters. The Morgan fingerprint density at radius 1 is 0.852 bits per heavy atom. The number of carbonyl (C=O) groups is 1. The van der Waals surface area contributed by atoms with Crippen LogP contribution >= 0.6 is 11.6 Å². The van der Waals surface area contributed by atoms with Crippen molar-refractivity contribution in [1.82, 2.24) is 9.88 Å². The SMILES string of the molecule is O=C(c1cc(N2CCN(c3cccc(Cl)c3)CC2)ccn1)N1CCCCC1. The molecular formula is C21H25ClN4O. The van der Waals surface area contributed by atoms with Crippen molar-refractivity contribution < 1.29 is 4.79 Å². The number of benzene rings is 1. The molecule has 3 heterocycles. The van der Waals surface area contributed by atoms with Gasteiger partial charge in [0.05, 0.1) is 0 Å². The fourth-order valence-corrected chi connectivity index (χ4v) is 4.07. The highest BCUT2D eigenvalue weighted by Gasteiger charge is 2.22. The second-order valence-electron chi connectivity index (χ2n) is 7.21. The van der Waals surface area contributed by atoms with Crippen LogP contribution in [-0.4, -0.2) is 55.1 Å². The Bertz CT molecular complexity index is 798. The lowest BCUT2D eigenvalue weighted by atomic mass is 10.1. The van der Waals surface area contributed by atoms with Gasteiger partial charge in [-0.1, -0.05) is 17.7 Å². The van der Waals surface area contributed by atoms with E-state index < -0.39 is 0 Å². The van der Waals surface area contributed by atoms with Crippen molar-refractivity contribution in [3.05, 3.63) is 53.3 Å². The molecule has 6 heteroatoms. The predicted octanol–water partition coefficient (Wildman–Crippen LogP) is 3.69. The van der Waals surface area contributed by atoms with E-state index in [4.69, 9.17) is 11.6 Å². The van der Waals surface area contributed by atoms with Crippen LogP contribution < -0.4 is 9.80 Å². The van der Waals surface area contributed by atoms with Crippen LogP contribution in [0, 0.1) is 0 Å². The summed E-state index contributed by atoms with van der Waals surface area (Å²) >= 11 is 6.12. The molecule has 1 aromatic carbocycles. The second-order valence-corrected chi connectivity index (χ2v) is 7.64. The van der Waals surface area contributed by atoms with E-state index in [1.807, 2.05) is 35.2 Å². The fraction of sp³-hybridized carbons (Fsp3) is 0.429. The lowest BCUT2D eigenvalue weighted by Crippen LogP contribution is -2.46. The summed E-state index contributed by atoms with van der Waals surface area (Å²) in [5.74, 6) is 0.0640. The quantitative estimate of drug-likeness (QED) is 0.809. The summed E-state index contributed by atoms with van der Waals surface area (Å²) < 4.78 is 0. The largest absolute Gasteiger partial charge is 0.368 e. The van der Waals surface area contributed by atoms with E-state index in [1.165, 1.54) is 6.42 Å². The number of hydrogen-bond acceptors (Lipinski definition) is 4.